The van der Waals surface area contributed by atoms with Crippen molar-refractivity contribution in [2.24, 2.45) is 11.5 Å². The van der Waals surface area contributed by atoms with E-state index < -0.39 is 19.7 Å². The topological polar surface area (TPSA) is 190 Å². The van der Waals surface area contributed by atoms with E-state index in [1.165, 1.54) is 0 Å². The van der Waals surface area contributed by atoms with Gasteiger partial charge in [-0.05, 0) is 29.8 Å². The summed E-state index contributed by atoms with van der Waals surface area (Å²) in [7, 11) is -0.750. The van der Waals surface area contributed by atoms with E-state index >= 15 is 0 Å². The minimum Gasteiger partial charge on any atom is -0.480 e. The van der Waals surface area contributed by atoms with Gasteiger partial charge in [0.1, 0.15) is 6.04 Å². The van der Waals surface area contributed by atoms with Gasteiger partial charge in [-0.1, -0.05) is 6.42 Å². The van der Waals surface area contributed by atoms with Crippen LogP contribution >= 0.6 is 0 Å². The molecule has 8 N–H and O–H groups in total. The van der Waals surface area contributed by atoms with Crippen LogP contribution in [-0.2, 0) is 4.79 Å². The van der Waals surface area contributed by atoms with Crippen molar-refractivity contribution in [3.8, 4) is 0 Å². The van der Waals surface area contributed by atoms with Gasteiger partial charge in [0.25, 0.3) is 0 Å². The molecule has 0 aromatic carbocycles. The van der Waals surface area contributed by atoms with Crippen LogP contribution in [0.5, 0.6) is 0 Å². The van der Waals surface area contributed by atoms with Crippen molar-refractivity contribution in [1.82, 2.24) is 0 Å². The number of hydrogen-bond acceptors (Lipinski definition) is 6. The first kappa shape index (κ1) is 20.1. The predicted octanol–water partition coefficient (Wildman–Crippen LogP) is -1.36. The molecule has 0 heterocycles. The molecule has 9 nitrogen and oxygen atoms in total. The summed E-state index contributed by atoms with van der Waals surface area (Å²) in [6.07, 6.45) is 2.16. The average Bonchev–Trinajstić information content (AvgIpc) is 2.20. The Balaban J connectivity index is -0.000000235. The number of carbonyl (C=O) groups is 1. The van der Waals surface area contributed by atoms with Crippen molar-refractivity contribution in [2.45, 2.75) is 25.3 Å². The second-order valence-corrected chi connectivity index (χ2v) is 2.47. The van der Waals surface area contributed by atoms with Gasteiger partial charge in [0.2, 0.25) is 0 Å². The maximum Gasteiger partial charge on any atom is 0.432 e. The largest absolute Gasteiger partial charge is 0.480 e. The van der Waals surface area contributed by atoms with Crippen molar-refractivity contribution < 1.29 is 19.9 Å². The molecule has 0 aromatic heterocycles. The normalized spacial score (nSPS) is 9.50. The molecular formula is C6H18BN5O4. The zero-order chi connectivity index (χ0) is 13.4. The first-order valence-corrected chi connectivity index (χ1v) is 4.42. The molecule has 1 atom stereocenters. The Labute approximate surface area is 93.8 Å². The molecule has 0 unspecified atom stereocenters. The van der Waals surface area contributed by atoms with Gasteiger partial charge in [0.05, 0.1) is 0 Å². The molecule has 0 aliphatic rings. The van der Waals surface area contributed by atoms with Gasteiger partial charge in [0.15, 0.2) is 0 Å². The fourth-order valence-electron chi connectivity index (χ4n) is 0.632. The maximum absolute atomic E-state index is 10.1. The highest BCUT2D eigenvalue weighted by molar-refractivity contribution is 6.13. The number of rotatable bonds is 5. The maximum atomic E-state index is 10.1. The summed E-state index contributed by atoms with van der Waals surface area (Å²) >= 11 is 0. The van der Waals surface area contributed by atoms with E-state index in [1.54, 1.807) is 4.91 Å². The first-order chi connectivity index (χ1) is 7.51. The first-order valence-electron chi connectivity index (χ1n) is 4.42. The molecule has 16 heavy (non-hydrogen) atoms. The fourth-order valence-corrected chi connectivity index (χ4v) is 0.632. The zero-order valence-electron chi connectivity index (χ0n) is 8.91. The van der Waals surface area contributed by atoms with E-state index in [2.05, 4.69) is 0 Å². The van der Waals surface area contributed by atoms with Crippen molar-refractivity contribution in [3.63, 3.8) is 0 Å². The van der Waals surface area contributed by atoms with Crippen LogP contribution in [0.1, 0.15) is 19.3 Å². The molecular weight excluding hydrogens is 217 g/mol. The Morgan fingerprint density at radius 3 is 2.12 bits per heavy atom. The quantitative estimate of drug-likeness (QED) is 0.112. The molecule has 0 aliphatic heterocycles. The second-order valence-electron chi connectivity index (χ2n) is 2.47. The highest BCUT2D eigenvalue weighted by Gasteiger charge is 2.09. The SMILES string of the molecule is NCCCC[C@H](N)C(=O)O.OBO.[N-]=[N+]=N. The Morgan fingerprint density at radius 1 is 1.50 bits per heavy atom. The van der Waals surface area contributed by atoms with Crippen LogP contribution < -0.4 is 11.5 Å². The van der Waals surface area contributed by atoms with Crippen LogP contribution in [0.15, 0.2) is 0 Å². The molecule has 0 aromatic rings. The highest BCUT2D eigenvalue weighted by atomic mass is 16.4. The van der Waals surface area contributed by atoms with Crippen LogP contribution in [0.4, 0.5) is 0 Å². The standard InChI is InChI=1S/C6H14N2O2.BH3O2.HN3/c7-4-2-1-3-5(8)6(9)10;2-1-3;1-3-2/h5H,1-4,7-8H2,(H,9,10);1-3H;1H/t5-;;/m0../s1. The third-order valence-corrected chi connectivity index (χ3v) is 1.29. The lowest BCUT2D eigenvalue weighted by Gasteiger charge is -2.03. The van der Waals surface area contributed by atoms with E-state index in [-0.39, 0.29) is 0 Å². The fraction of sp³-hybridized carbons (Fsp3) is 0.833. The lowest BCUT2D eigenvalue weighted by atomic mass is 10.1. The van der Waals surface area contributed by atoms with E-state index in [9.17, 15) is 4.79 Å². The second kappa shape index (κ2) is 19.3. The molecule has 0 fully saturated rings. The van der Waals surface area contributed by atoms with E-state index in [4.69, 9.17) is 37.7 Å². The number of nitrogens with zero attached hydrogens (tertiary/aromatic N) is 2. The summed E-state index contributed by atoms with van der Waals surface area (Å²) in [4.78, 5) is 11.9. The summed E-state index contributed by atoms with van der Waals surface area (Å²) < 4.78 is 0. The molecule has 94 valence electrons. The van der Waals surface area contributed by atoms with Gasteiger partial charge in [0, 0.05) is 0 Å². The Hall–Kier alpha value is -1.32. The Bertz CT molecular complexity index is 188. The van der Waals surface area contributed by atoms with E-state index in [0.717, 1.165) is 12.8 Å². The Morgan fingerprint density at radius 2 is 1.88 bits per heavy atom. The monoisotopic (exact) mass is 235 g/mol. The summed E-state index contributed by atoms with van der Waals surface area (Å²) in [6, 6.07) is -0.716. The third-order valence-electron chi connectivity index (χ3n) is 1.29. The molecule has 0 spiro atoms. The minimum atomic E-state index is -0.933. The minimum absolute atomic E-state index is 0.520. The van der Waals surface area contributed by atoms with Crippen molar-refractivity contribution in [1.29, 1.82) is 5.53 Å². The summed E-state index contributed by atoms with van der Waals surface area (Å²) in [5.41, 5.74) is 22.7. The molecule has 0 saturated carbocycles. The summed E-state index contributed by atoms with van der Waals surface area (Å²) in [5, 5.41) is 22.6. The molecule has 0 rings (SSSR count). The predicted molar refractivity (Wildman–Crippen MR) is 59.5 cm³/mol. The van der Waals surface area contributed by atoms with Gasteiger partial charge in [-0.2, -0.15) is 0 Å². The number of carboxylic acid groups (broad SMARTS) is 1. The Kier molecular flexibility index (Phi) is 24.3. The molecule has 0 aliphatic carbocycles. The van der Waals surface area contributed by atoms with Crippen LogP contribution in [0.25, 0.3) is 10.4 Å². The van der Waals surface area contributed by atoms with Gasteiger partial charge in [-0.25, -0.2) is 0 Å². The summed E-state index contributed by atoms with van der Waals surface area (Å²) in [6.45, 7) is 0.604. The third kappa shape index (κ3) is 29.3. The molecule has 0 bridgehead atoms. The van der Waals surface area contributed by atoms with E-state index in [0.29, 0.717) is 13.0 Å². The van der Waals surface area contributed by atoms with Crippen molar-refractivity contribution >= 4 is 13.7 Å². The zero-order valence-corrected chi connectivity index (χ0v) is 8.91. The number of aliphatic carboxylic acids is 1. The smallest absolute Gasteiger partial charge is 0.432 e. The lowest BCUT2D eigenvalue weighted by Crippen LogP contribution is -2.29. The number of hydrogen-bond donors (Lipinski definition) is 6. The number of unbranched alkanes of at least 4 members (excludes halogenated alkanes) is 1. The van der Waals surface area contributed by atoms with Crippen molar-refractivity contribution in [2.75, 3.05) is 6.54 Å². The van der Waals surface area contributed by atoms with Gasteiger partial charge >= 0.3 is 13.7 Å². The van der Waals surface area contributed by atoms with Crippen LogP contribution in [0.2, 0.25) is 0 Å². The lowest BCUT2D eigenvalue weighted by molar-refractivity contribution is -0.138. The number of nitrogens with two attached hydrogens (primary N) is 2. The molecule has 0 radical (unpaired) electrons. The summed E-state index contributed by atoms with van der Waals surface area (Å²) in [5.74, 6) is -0.933. The van der Waals surface area contributed by atoms with Gasteiger partial charge in [-0.3, -0.25) is 4.79 Å². The molecule has 10 heteroatoms. The molecule has 0 amide bonds. The highest BCUT2D eigenvalue weighted by Crippen LogP contribution is 1.96. The van der Waals surface area contributed by atoms with Gasteiger partial charge in [-0.15, -0.1) is 5.53 Å². The van der Waals surface area contributed by atoms with Crippen LogP contribution in [0, 0.1) is 5.53 Å². The number of carboxylic acids is 1. The van der Waals surface area contributed by atoms with Crippen molar-refractivity contribution in [3.05, 3.63) is 10.4 Å². The van der Waals surface area contributed by atoms with Crippen LogP contribution in [0.3, 0.4) is 0 Å². The van der Waals surface area contributed by atoms with Gasteiger partial charge < -0.3 is 26.6 Å². The van der Waals surface area contributed by atoms with Crippen LogP contribution in [-0.4, -0.2) is 41.4 Å². The average molecular weight is 235 g/mol. The van der Waals surface area contributed by atoms with E-state index in [1.807, 2.05) is 0 Å². The molecule has 0 saturated heterocycles. The number of nitrogens with one attached hydrogen (secondary N) is 1.